The molecule has 1 aromatic rings. The van der Waals surface area contributed by atoms with E-state index in [0.29, 0.717) is 21.4 Å². The number of nitrogens with zero attached hydrogens (tertiary/aromatic N) is 2. The zero-order valence-electron chi connectivity index (χ0n) is 13.7. The summed E-state index contributed by atoms with van der Waals surface area (Å²) in [6.07, 6.45) is 2.99. The lowest BCUT2D eigenvalue weighted by Crippen LogP contribution is -2.43. The van der Waals surface area contributed by atoms with E-state index in [1.807, 2.05) is 26.1 Å². The van der Waals surface area contributed by atoms with E-state index >= 15 is 0 Å². The van der Waals surface area contributed by atoms with E-state index in [2.05, 4.69) is 16.8 Å². The molecule has 2 aliphatic heterocycles. The lowest BCUT2D eigenvalue weighted by molar-refractivity contribution is 0.180. The standard InChI is InChI=1S/C18H20Cl2FN3/c1-11(14-6-5-13(19)9-15(14)20)22-16-10-17(24-7-4-8-24)23(3)12(2)18(16)21/h5-6,9-11,22H,2,4,7-8H2,1,3H3. The minimum Gasteiger partial charge on any atom is -0.376 e. The Morgan fingerprint density at radius 2 is 2.00 bits per heavy atom. The minimum atomic E-state index is -0.348. The molecule has 6 heteroatoms. The molecule has 24 heavy (non-hydrogen) atoms. The summed E-state index contributed by atoms with van der Waals surface area (Å²) in [4.78, 5) is 4.00. The molecule has 0 aliphatic carbocycles. The van der Waals surface area contributed by atoms with Gasteiger partial charge in [0, 0.05) is 36.3 Å². The van der Waals surface area contributed by atoms with E-state index in [0.717, 1.165) is 30.9 Å². The van der Waals surface area contributed by atoms with Crippen LogP contribution in [-0.4, -0.2) is 29.9 Å². The molecule has 0 aromatic heterocycles. The molecule has 2 heterocycles. The first-order valence-corrected chi connectivity index (χ1v) is 8.65. The molecule has 1 atom stereocenters. The smallest absolute Gasteiger partial charge is 0.169 e. The van der Waals surface area contributed by atoms with Gasteiger partial charge in [-0.1, -0.05) is 35.8 Å². The molecular formula is C18H20Cl2FN3. The van der Waals surface area contributed by atoms with Crippen LogP contribution in [0.15, 0.2) is 53.9 Å². The van der Waals surface area contributed by atoms with Crippen LogP contribution in [0.4, 0.5) is 4.39 Å². The Kier molecular flexibility index (Phi) is 4.79. The second kappa shape index (κ2) is 6.69. The van der Waals surface area contributed by atoms with Crippen LogP contribution >= 0.6 is 23.2 Å². The highest BCUT2D eigenvalue weighted by Crippen LogP contribution is 2.33. The van der Waals surface area contributed by atoms with Crippen LogP contribution in [0.3, 0.4) is 0 Å². The van der Waals surface area contributed by atoms with E-state index in [9.17, 15) is 4.39 Å². The molecule has 3 nitrogen and oxygen atoms in total. The third kappa shape index (κ3) is 3.13. The highest BCUT2D eigenvalue weighted by atomic mass is 35.5. The van der Waals surface area contributed by atoms with Crippen molar-refractivity contribution in [1.29, 1.82) is 0 Å². The number of benzene rings is 1. The van der Waals surface area contributed by atoms with Gasteiger partial charge in [-0.2, -0.15) is 0 Å². The van der Waals surface area contributed by atoms with Gasteiger partial charge in [-0.3, -0.25) is 0 Å². The van der Waals surface area contributed by atoms with Crippen molar-refractivity contribution in [3.8, 4) is 0 Å². The first-order valence-electron chi connectivity index (χ1n) is 7.89. The van der Waals surface area contributed by atoms with Crippen LogP contribution in [-0.2, 0) is 0 Å². The Morgan fingerprint density at radius 3 is 2.58 bits per heavy atom. The second-order valence-electron chi connectivity index (χ2n) is 6.11. The Labute approximate surface area is 152 Å². The highest BCUT2D eigenvalue weighted by Gasteiger charge is 2.28. The summed E-state index contributed by atoms with van der Waals surface area (Å²) in [5, 5.41) is 4.35. The quantitative estimate of drug-likeness (QED) is 0.821. The van der Waals surface area contributed by atoms with Crippen LogP contribution < -0.4 is 5.32 Å². The molecule has 128 valence electrons. The lowest BCUT2D eigenvalue weighted by atomic mass is 10.1. The summed E-state index contributed by atoms with van der Waals surface area (Å²) < 4.78 is 14.7. The Balaban J connectivity index is 1.86. The molecule has 0 spiro atoms. The summed E-state index contributed by atoms with van der Waals surface area (Å²) >= 11 is 12.2. The average Bonchev–Trinajstić information content (AvgIpc) is 2.47. The van der Waals surface area contributed by atoms with Crippen molar-refractivity contribution >= 4 is 23.2 Å². The molecule has 0 radical (unpaired) electrons. The van der Waals surface area contributed by atoms with Gasteiger partial charge in [0.05, 0.1) is 17.4 Å². The van der Waals surface area contributed by atoms with E-state index in [4.69, 9.17) is 23.2 Å². The van der Waals surface area contributed by atoms with Gasteiger partial charge in [0.15, 0.2) is 5.83 Å². The fourth-order valence-electron chi connectivity index (χ4n) is 2.85. The van der Waals surface area contributed by atoms with Crippen LogP contribution in [0.25, 0.3) is 0 Å². The van der Waals surface area contributed by atoms with Crippen molar-refractivity contribution in [2.45, 2.75) is 19.4 Å². The number of likely N-dealkylation sites (tertiary alicyclic amines) is 1. The fraction of sp³-hybridized carbons (Fsp3) is 0.333. The molecule has 0 saturated carbocycles. The highest BCUT2D eigenvalue weighted by molar-refractivity contribution is 6.35. The molecule has 3 rings (SSSR count). The zero-order chi connectivity index (χ0) is 17.4. The lowest BCUT2D eigenvalue weighted by Gasteiger charge is -2.42. The van der Waals surface area contributed by atoms with Crippen LogP contribution in [0.2, 0.25) is 10.0 Å². The third-order valence-electron chi connectivity index (χ3n) is 4.49. The van der Waals surface area contributed by atoms with Crippen molar-refractivity contribution in [3.63, 3.8) is 0 Å². The number of nitrogens with one attached hydrogen (secondary N) is 1. The Morgan fingerprint density at radius 1 is 1.29 bits per heavy atom. The number of hydrogen-bond donors (Lipinski definition) is 1. The van der Waals surface area contributed by atoms with E-state index < -0.39 is 0 Å². The molecule has 1 N–H and O–H groups in total. The first-order chi connectivity index (χ1) is 11.4. The average molecular weight is 368 g/mol. The topological polar surface area (TPSA) is 18.5 Å². The Bertz CT molecular complexity index is 738. The number of halogens is 3. The normalized spacial score (nSPS) is 19.2. The van der Waals surface area contributed by atoms with Crippen LogP contribution in [0.5, 0.6) is 0 Å². The maximum absolute atomic E-state index is 14.7. The van der Waals surface area contributed by atoms with Gasteiger partial charge in [-0.25, -0.2) is 4.39 Å². The molecular weight excluding hydrogens is 348 g/mol. The minimum absolute atomic E-state index is 0.166. The third-order valence-corrected chi connectivity index (χ3v) is 5.06. The molecule has 1 fully saturated rings. The van der Waals surface area contributed by atoms with E-state index in [1.165, 1.54) is 0 Å². The summed E-state index contributed by atoms with van der Waals surface area (Å²) in [5.74, 6) is 0.614. The van der Waals surface area contributed by atoms with Crippen LogP contribution in [0.1, 0.15) is 24.9 Å². The SMILES string of the molecule is C=C1C(F)=C(NC(C)c2ccc(Cl)cc2Cl)C=C(N2CCC2)N1C. The maximum atomic E-state index is 14.7. The largest absolute Gasteiger partial charge is 0.376 e. The maximum Gasteiger partial charge on any atom is 0.169 e. The predicted molar refractivity (Wildman–Crippen MR) is 97.3 cm³/mol. The van der Waals surface area contributed by atoms with Gasteiger partial charge in [0.2, 0.25) is 0 Å². The van der Waals surface area contributed by atoms with Crippen molar-refractivity contribution in [2.24, 2.45) is 0 Å². The van der Waals surface area contributed by atoms with Crippen molar-refractivity contribution in [1.82, 2.24) is 15.1 Å². The van der Waals surface area contributed by atoms with E-state index in [1.54, 1.807) is 17.0 Å². The molecule has 2 aliphatic rings. The summed E-state index contributed by atoms with van der Waals surface area (Å²) in [6, 6.07) is 5.15. The molecule has 1 aromatic carbocycles. The Hall–Kier alpha value is -1.65. The second-order valence-corrected chi connectivity index (χ2v) is 6.95. The van der Waals surface area contributed by atoms with Crippen LogP contribution in [0, 0.1) is 0 Å². The number of rotatable bonds is 4. The summed E-state index contributed by atoms with van der Waals surface area (Å²) in [5.41, 5.74) is 1.65. The number of hydrogen-bond acceptors (Lipinski definition) is 3. The van der Waals surface area contributed by atoms with Gasteiger partial charge < -0.3 is 15.1 Å². The fourth-order valence-corrected chi connectivity index (χ4v) is 3.42. The van der Waals surface area contributed by atoms with Gasteiger partial charge >= 0.3 is 0 Å². The van der Waals surface area contributed by atoms with Gasteiger partial charge in [-0.15, -0.1) is 0 Å². The summed E-state index contributed by atoms with van der Waals surface area (Å²) in [6.45, 7) is 7.77. The first kappa shape index (κ1) is 17.2. The van der Waals surface area contributed by atoms with Crippen molar-refractivity contribution in [2.75, 3.05) is 20.1 Å². The molecule has 0 amide bonds. The van der Waals surface area contributed by atoms with Gasteiger partial charge in [-0.05, 0) is 31.0 Å². The van der Waals surface area contributed by atoms with E-state index in [-0.39, 0.29) is 11.9 Å². The molecule has 1 saturated heterocycles. The van der Waals surface area contributed by atoms with Crippen molar-refractivity contribution in [3.05, 3.63) is 69.5 Å². The molecule has 1 unspecified atom stereocenters. The zero-order valence-corrected chi connectivity index (χ0v) is 15.3. The van der Waals surface area contributed by atoms with Gasteiger partial charge in [0.25, 0.3) is 0 Å². The monoisotopic (exact) mass is 367 g/mol. The molecule has 0 bridgehead atoms. The number of likely N-dealkylation sites (N-methyl/N-ethyl adjacent to an activating group) is 1. The summed E-state index contributed by atoms with van der Waals surface area (Å²) in [7, 11) is 1.84. The predicted octanol–water partition coefficient (Wildman–Crippen LogP) is 4.83. The van der Waals surface area contributed by atoms with Gasteiger partial charge in [0.1, 0.15) is 5.82 Å². The number of allylic oxidation sites excluding steroid dienone is 2. The van der Waals surface area contributed by atoms with Crippen molar-refractivity contribution < 1.29 is 4.39 Å².